The number of ether oxygens (including phenoxy) is 1. The quantitative estimate of drug-likeness (QED) is 0.574. The molecular formula is C23H20ClN5O3. The molecule has 9 heteroatoms. The van der Waals surface area contributed by atoms with Gasteiger partial charge in [0, 0.05) is 31.5 Å². The van der Waals surface area contributed by atoms with Crippen molar-refractivity contribution in [2.24, 2.45) is 0 Å². The molecule has 0 saturated heterocycles. The zero-order valence-corrected chi connectivity index (χ0v) is 18.2. The van der Waals surface area contributed by atoms with E-state index in [1.165, 1.54) is 24.3 Å². The number of urea groups is 1. The monoisotopic (exact) mass is 449 g/mol. The number of carbonyl (C=O) groups excluding carboxylic acids is 2. The molecule has 0 aliphatic carbocycles. The van der Waals surface area contributed by atoms with Crippen molar-refractivity contribution in [1.29, 1.82) is 5.26 Å². The lowest BCUT2D eigenvalue weighted by Crippen LogP contribution is -2.31. The van der Waals surface area contributed by atoms with Crippen LogP contribution in [0.5, 0.6) is 5.75 Å². The van der Waals surface area contributed by atoms with E-state index in [-0.39, 0.29) is 18.3 Å². The zero-order chi connectivity index (χ0) is 23.1. The third kappa shape index (κ3) is 5.53. The molecule has 0 bridgehead atoms. The van der Waals surface area contributed by atoms with Crippen molar-refractivity contribution in [3.8, 4) is 11.8 Å². The molecule has 0 spiro atoms. The number of hydrogen-bond donors (Lipinski definition) is 2. The third-order valence-electron chi connectivity index (χ3n) is 4.54. The molecule has 0 fully saturated rings. The molecular weight excluding hydrogens is 430 g/mol. The minimum atomic E-state index is -0.460. The fourth-order valence-electron chi connectivity index (χ4n) is 2.89. The molecule has 0 aliphatic rings. The Kier molecular flexibility index (Phi) is 7.26. The molecule has 0 aliphatic heterocycles. The molecule has 0 unspecified atom stereocenters. The van der Waals surface area contributed by atoms with Crippen LogP contribution in [-0.4, -0.2) is 36.0 Å². The number of halogens is 1. The van der Waals surface area contributed by atoms with Crippen molar-refractivity contribution in [2.45, 2.75) is 6.54 Å². The molecule has 1 aromatic heterocycles. The SMILES string of the molecule is COc1ccnc(C(=O)Nc2c(Cl)cccc2CN(C)C(=O)Nc2cccc(C#N)c2)c1. The van der Waals surface area contributed by atoms with Gasteiger partial charge < -0.3 is 20.3 Å². The van der Waals surface area contributed by atoms with Gasteiger partial charge >= 0.3 is 6.03 Å². The van der Waals surface area contributed by atoms with Gasteiger partial charge in [-0.3, -0.25) is 9.78 Å². The summed E-state index contributed by atoms with van der Waals surface area (Å²) >= 11 is 6.34. The first kappa shape index (κ1) is 22.6. The van der Waals surface area contributed by atoms with Crippen LogP contribution in [0.4, 0.5) is 16.2 Å². The molecule has 0 saturated carbocycles. The van der Waals surface area contributed by atoms with Gasteiger partial charge in [0.05, 0.1) is 29.5 Å². The van der Waals surface area contributed by atoms with E-state index in [0.29, 0.717) is 33.3 Å². The molecule has 3 rings (SSSR count). The normalized spacial score (nSPS) is 10.1. The molecule has 8 nitrogen and oxygen atoms in total. The van der Waals surface area contributed by atoms with Crippen LogP contribution in [-0.2, 0) is 6.54 Å². The lowest BCUT2D eigenvalue weighted by atomic mass is 10.1. The summed E-state index contributed by atoms with van der Waals surface area (Å²) in [6, 6.07) is 16.6. The van der Waals surface area contributed by atoms with Crippen LogP contribution in [0.25, 0.3) is 0 Å². The van der Waals surface area contributed by atoms with Crippen LogP contribution in [0.1, 0.15) is 21.6 Å². The van der Waals surface area contributed by atoms with E-state index in [2.05, 4.69) is 15.6 Å². The summed E-state index contributed by atoms with van der Waals surface area (Å²) < 4.78 is 5.13. The summed E-state index contributed by atoms with van der Waals surface area (Å²) in [6.45, 7) is 0.172. The number of carbonyl (C=O) groups is 2. The highest BCUT2D eigenvalue weighted by molar-refractivity contribution is 6.34. The second-order valence-corrected chi connectivity index (χ2v) is 7.20. The van der Waals surface area contributed by atoms with Gasteiger partial charge in [-0.25, -0.2) is 4.79 Å². The highest BCUT2D eigenvalue weighted by Gasteiger charge is 2.17. The van der Waals surface area contributed by atoms with Crippen LogP contribution >= 0.6 is 11.6 Å². The first-order valence-electron chi connectivity index (χ1n) is 9.52. The highest BCUT2D eigenvalue weighted by Crippen LogP contribution is 2.28. The Labute approximate surface area is 190 Å². The van der Waals surface area contributed by atoms with Gasteiger partial charge in [-0.1, -0.05) is 29.8 Å². The van der Waals surface area contributed by atoms with Gasteiger partial charge in [-0.2, -0.15) is 5.26 Å². The zero-order valence-electron chi connectivity index (χ0n) is 17.4. The fraction of sp³-hybridized carbons (Fsp3) is 0.130. The number of anilines is 2. The van der Waals surface area contributed by atoms with Crippen LogP contribution in [0.2, 0.25) is 5.02 Å². The Hall–Kier alpha value is -4.09. The number of nitrogens with zero attached hydrogens (tertiary/aromatic N) is 3. The Morgan fingerprint density at radius 3 is 2.69 bits per heavy atom. The van der Waals surface area contributed by atoms with Gasteiger partial charge in [-0.15, -0.1) is 0 Å². The van der Waals surface area contributed by atoms with Crippen LogP contribution in [0.15, 0.2) is 60.8 Å². The number of rotatable bonds is 6. The third-order valence-corrected chi connectivity index (χ3v) is 4.85. The summed E-state index contributed by atoms with van der Waals surface area (Å²) in [7, 11) is 3.11. The standard InChI is InChI=1S/C23H20ClN5O3/c1-29(23(31)27-17-7-3-5-15(11-17)13-25)14-16-6-4-8-19(24)21(16)28-22(30)20-12-18(32-2)9-10-26-20/h3-12H,14H2,1-2H3,(H,27,31)(H,28,30). The second-order valence-electron chi connectivity index (χ2n) is 6.79. The van der Waals surface area contributed by atoms with E-state index in [1.54, 1.807) is 55.6 Å². The van der Waals surface area contributed by atoms with Gasteiger partial charge in [-0.05, 0) is 35.9 Å². The van der Waals surface area contributed by atoms with Crippen LogP contribution in [0.3, 0.4) is 0 Å². The first-order valence-corrected chi connectivity index (χ1v) is 9.90. The minimum absolute atomic E-state index is 0.165. The maximum Gasteiger partial charge on any atom is 0.321 e. The molecule has 32 heavy (non-hydrogen) atoms. The Balaban J connectivity index is 1.75. The average Bonchev–Trinajstić information content (AvgIpc) is 2.81. The molecule has 1 heterocycles. The number of nitriles is 1. The van der Waals surface area contributed by atoms with Gasteiger partial charge in [0.2, 0.25) is 0 Å². The average molecular weight is 450 g/mol. The highest BCUT2D eigenvalue weighted by atomic mass is 35.5. The van der Waals surface area contributed by atoms with E-state index >= 15 is 0 Å². The molecule has 3 aromatic rings. The number of amides is 3. The molecule has 0 radical (unpaired) electrons. The summed E-state index contributed by atoms with van der Waals surface area (Å²) in [5, 5.41) is 14.9. The smallest absolute Gasteiger partial charge is 0.321 e. The van der Waals surface area contributed by atoms with Gasteiger partial charge in [0.25, 0.3) is 5.91 Å². The van der Waals surface area contributed by atoms with Crippen molar-refractivity contribution < 1.29 is 14.3 Å². The number of nitrogens with one attached hydrogen (secondary N) is 2. The summed E-state index contributed by atoms with van der Waals surface area (Å²) in [5.74, 6) is 0.0417. The molecule has 162 valence electrons. The predicted molar refractivity (Wildman–Crippen MR) is 122 cm³/mol. The number of benzene rings is 2. The fourth-order valence-corrected chi connectivity index (χ4v) is 3.13. The van der Waals surface area contributed by atoms with E-state index in [1.807, 2.05) is 6.07 Å². The van der Waals surface area contributed by atoms with Crippen molar-refractivity contribution in [3.05, 3.63) is 82.6 Å². The predicted octanol–water partition coefficient (Wildman–Crippen LogP) is 4.53. The largest absolute Gasteiger partial charge is 0.497 e. The topological polar surface area (TPSA) is 107 Å². The van der Waals surface area contributed by atoms with E-state index in [0.717, 1.165) is 0 Å². The minimum Gasteiger partial charge on any atom is -0.497 e. The second kappa shape index (κ2) is 10.3. The Bertz CT molecular complexity index is 1190. The maximum absolute atomic E-state index is 12.7. The van der Waals surface area contributed by atoms with Crippen molar-refractivity contribution >= 4 is 34.9 Å². The number of aromatic nitrogens is 1. The van der Waals surface area contributed by atoms with Crippen LogP contribution < -0.4 is 15.4 Å². The maximum atomic E-state index is 12.7. The van der Waals surface area contributed by atoms with Crippen molar-refractivity contribution in [3.63, 3.8) is 0 Å². The lowest BCUT2D eigenvalue weighted by molar-refractivity contribution is 0.102. The molecule has 3 amide bonds. The summed E-state index contributed by atoms with van der Waals surface area (Å²) in [5.41, 5.74) is 2.13. The van der Waals surface area contributed by atoms with E-state index in [9.17, 15) is 9.59 Å². The molecule has 2 N–H and O–H groups in total. The Morgan fingerprint density at radius 2 is 1.94 bits per heavy atom. The van der Waals surface area contributed by atoms with Crippen LogP contribution in [0, 0.1) is 11.3 Å². The first-order chi connectivity index (χ1) is 15.4. The van der Waals surface area contributed by atoms with E-state index < -0.39 is 5.91 Å². The van der Waals surface area contributed by atoms with Crippen molar-refractivity contribution in [2.75, 3.05) is 24.8 Å². The molecule has 2 aromatic carbocycles. The van der Waals surface area contributed by atoms with E-state index in [4.69, 9.17) is 21.6 Å². The lowest BCUT2D eigenvalue weighted by Gasteiger charge is -2.21. The number of hydrogen-bond acceptors (Lipinski definition) is 5. The number of pyridine rings is 1. The summed E-state index contributed by atoms with van der Waals surface area (Å²) in [6.07, 6.45) is 1.47. The Morgan fingerprint density at radius 1 is 1.16 bits per heavy atom. The van der Waals surface area contributed by atoms with Gasteiger partial charge in [0.15, 0.2) is 0 Å². The number of para-hydroxylation sites is 1. The van der Waals surface area contributed by atoms with Crippen molar-refractivity contribution in [1.82, 2.24) is 9.88 Å². The van der Waals surface area contributed by atoms with Gasteiger partial charge in [0.1, 0.15) is 11.4 Å². The summed E-state index contributed by atoms with van der Waals surface area (Å²) in [4.78, 5) is 30.8. The molecule has 0 atom stereocenters. The number of methoxy groups -OCH3 is 1.